The lowest BCUT2D eigenvalue weighted by molar-refractivity contribution is -0.137. The molecular formula is C28H23F4N5O3S. The number of carbonyl (C=O) groups excluding carboxylic acids is 1. The summed E-state index contributed by atoms with van der Waals surface area (Å²) in [5.41, 5.74) is -0.447. The van der Waals surface area contributed by atoms with Crippen LogP contribution in [-0.2, 0) is 29.5 Å². The van der Waals surface area contributed by atoms with Crippen molar-refractivity contribution in [3.63, 3.8) is 0 Å². The monoisotopic (exact) mass is 585 g/mol. The van der Waals surface area contributed by atoms with E-state index < -0.39 is 43.8 Å². The number of allylic oxidation sites excluding steroid dienone is 1. The van der Waals surface area contributed by atoms with Gasteiger partial charge < -0.3 is 0 Å². The highest BCUT2D eigenvalue weighted by Gasteiger charge is 2.52. The van der Waals surface area contributed by atoms with Gasteiger partial charge in [0.25, 0.3) is 0 Å². The molecule has 13 heteroatoms. The number of hydrogen-bond acceptors (Lipinski definition) is 6. The van der Waals surface area contributed by atoms with Crippen molar-refractivity contribution in [2.75, 3.05) is 0 Å². The molecule has 4 aromatic rings. The van der Waals surface area contributed by atoms with Gasteiger partial charge in [-0.25, -0.2) is 17.5 Å². The predicted molar refractivity (Wildman–Crippen MR) is 139 cm³/mol. The molecule has 0 radical (unpaired) electrons. The Kier molecular flexibility index (Phi) is 6.25. The van der Waals surface area contributed by atoms with Crippen molar-refractivity contribution in [1.29, 1.82) is 0 Å². The fourth-order valence-corrected chi connectivity index (χ4v) is 7.64. The molecular weight excluding hydrogens is 562 g/mol. The molecule has 0 unspecified atom stereocenters. The summed E-state index contributed by atoms with van der Waals surface area (Å²) in [6.45, 7) is 0. The fourth-order valence-electron chi connectivity index (χ4n) is 5.83. The molecule has 0 bridgehead atoms. The van der Waals surface area contributed by atoms with Gasteiger partial charge in [-0.15, -0.1) is 0 Å². The fraction of sp³-hybridized carbons (Fsp3) is 0.286. The van der Waals surface area contributed by atoms with E-state index in [1.165, 1.54) is 29.2 Å². The number of aryl methyl sites for hydroxylation is 1. The van der Waals surface area contributed by atoms with Gasteiger partial charge in [0.05, 0.1) is 40.0 Å². The maximum Gasteiger partial charge on any atom is 0.416 e. The Morgan fingerprint density at radius 3 is 2.54 bits per heavy atom. The van der Waals surface area contributed by atoms with Crippen molar-refractivity contribution in [2.24, 2.45) is 12.5 Å². The van der Waals surface area contributed by atoms with Crippen molar-refractivity contribution in [3.8, 4) is 5.69 Å². The van der Waals surface area contributed by atoms with E-state index in [2.05, 4.69) is 15.2 Å². The second-order valence-corrected chi connectivity index (χ2v) is 12.6. The number of hydrogen-bond donors (Lipinski definition) is 0. The topological polar surface area (TPSA) is 99.7 Å². The van der Waals surface area contributed by atoms with Crippen LogP contribution in [0, 0.1) is 11.2 Å². The quantitative estimate of drug-likeness (QED) is 0.242. The number of Topliss-reactive ketones (excluding diaryl/α,β-unsaturated/α-hetero) is 1. The molecule has 3 heterocycles. The maximum absolute atomic E-state index is 14.2. The van der Waals surface area contributed by atoms with Crippen LogP contribution < -0.4 is 0 Å². The first kappa shape index (κ1) is 27.1. The van der Waals surface area contributed by atoms with Gasteiger partial charge in [0.2, 0.25) is 0 Å². The molecule has 1 aromatic carbocycles. The minimum atomic E-state index is -4.69. The number of carbonyl (C=O) groups is 1. The molecule has 2 aliphatic carbocycles. The van der Waals surface area contributed by atoms with E-state index in [9.17, 15) is 30.8 Å². The molecule has 1 saturated carbocycles. The Morgan fingerprint density at radius 1 is 1.10 bits per heavy atom. The van der Waals surface area contributed by atoms with Gasteiger partial charge in [0, 0.05) is 19.4 Å². The van der Waals surface area contributed by atoms with Crippen molar-refractivity contribution in [1.82, 2.24) is 24.5 Å². The largest absolute Gasteiger partial charge is 0.416 e. The molecule has 0 saturated heterocycles. The van der Waals surface area contributed by atoms with Crippen LogP contribution in [0.25, 0.3) is 11.8 Å². The van der Waals surface area contributed by atoms with Gasteiger partial charge in [0.15, 0.2) is 15.6 Å². The average Bonchev–Trinajstić information content (AvgIpc) is 3.57. The lowest BCUT2D eigenvalue weighted by Gasteiger charge is -2.43. The summed E-state index contributed by atoms with van der Waals surface area (Å²) in [4.78, 5) is 18.2. The predicted octanol–water partition coefficient (Wildman–Crippen LogP) is 4.99. The second-order valence-electron chi connectivity index (χ2n) is 10.4. The van der Waals surface area contributed by atoms with Crippen molar-refractivity contribution < 1.29 is 30.8 Å². The SMILES string of the molecule is Cn1cc(S(=O)(=O)[C@@H]2CCC3=Cc4c(cnn4-c4ccc(F)cc4)C[C@]3(C(=O)c3cc(C(F)(F)F)ccn3)C2)cn1. The summed E-state index contributed by atoms with van der Waals surface area (Å²) in [6.07, 6.45) is 2.46. The zero-order valence-electron chi connectivity index (χ0n) is 21.6. The molecule has 0 amide bonds. The Bertz CT molecular complexity index is 1810. The summed E-state index contributed by atoms with van der Waals surface area (Å²) in [5, 5.41) is 7.42. The lowest BCUT2D eigenvalue weighted by Crippen LogP contribution is -2.46. The third kappa shape index (κ3) is 4.57. The first-order valence-electron chi connectivity index (χ1n) is 12.7. The Labute approximate surface area is 232 Å². The molecule has 2 aliphatic rings. The molecule has 2 atom stereocenters. The number of ketones is 1. The summed E-state index contributed by atoms with van der Waals surface area (Å²) in [7, 11) is -2.33. The van der Waals surface area contributed by atoms with Gasteiger partial charge in [-0.05, 0) is 73.7 Å². The van der Waals surface area contributed by atoms with Crippen LogP contribution in [0.3, 0.4) is 0 Å². The van der Waals surface area contributed by atoms with Gasteiger partial charge >= 0.3 is 6.18 Å². The van der Waals surface area contributed by atoms with E-state index in [1.54, 1.807) is 36.1 Å². The second kappa shape index (κ2) is 9.47. The Balaban J connectivity index is 1.47. The van der Waals surface area contributed by atoms with Crippen LogP contribution in [0.2, 0.25) is 0 Å². The van der Waals surface area contributed by atoms with Crippen LogP contribution in [0.15, 0.2) is 71.7 Å². The van der Waals surface area contributed by atoms with E-state index in [1.807, 2.05) is 0 Å². The van der Waals surface area contributed by atoms with Crippen molar-refractivity contribution in [2.45, 2.75) is 42.0 Å². The highest BCUT2D eigenvalue weighted by atomic mass is 32.2. The minimum absolute atomic E-state index is 0.0119. The number of fused-ring (bicyclic) bond motifs is 2. The highest BCUT2D eigenvalue weighted by Crippen LogP contribution is 2.52. The number of halogens is 4. The summed E-state index contributed by atoms with van der Waals surface area (Å²) >= 11 is 0. The Hall–Kier alpha value is -4.13. The minimum Gasteiger partial charge on any atom is -0.291 e. The number of rotatable bonds is 5. The van der Waals surface area contributed by atoms with Gasteiger partial charge in [0.1, 0.15) is 16.4 Å². The van der Waals surface area contributed by atoms with Crippen LogP contribution in [0.4, 0.5) is 17.6 Å². The third-order valence-electron chi connectivity index (χ3n) is 7.89. The maximum atomic E-state index is 14.2. The molecule has 1 fully saturated rings. The first-order chi connectivity index (χ1) is 19.4. The number of nitrogens with zero attached hydrogens (tertiary/aromatic N) is 5. The van der Waals surface area contributed by atoms with Gasteiger partial charge in [-0.1, -0.05) is 5.57 Å². The van der Waals surface area contributed by atoms with Crippen LogP contribution in [-0.4, -0.2) is 44.0 Å². The van der Waals surface area contributed by atoms with E-state index in [4.69, 9.17) is 0 Å². The molecule has 3 aromatic heterocycles. The van der Waals surface area contributed by atoms with Crippen molar-refractivity contribution in [3.05, 3.63) is 95.1 Å². The molecule has 0 N–H and O–H groups in total. The van der Waals surface area contributed by atoms with Crippen molar-refractivity contribution >= 4 is 21.7 Å². The normalized spacial score (nSPS) is 20.7. The van der Waals surface area contributed by atoms with E-state index in [-0.39, 0.29) is 36.3 Å². The third-order valence-corrected chi connectivity index (χ3v) is 10.0. The number of pyridine rings is 1. The van der Waals surface area contributed by atoms with Gasteiger partial charge in [-0.3, -0.25) is 14.5 Å². The van der Waals surface area contributed by atoms with Crippen LogP contribution in [0.1, 0.15) is 46.6 Å². The highest BCUT2D eigenvalue weighted by molar-refractivity contribution is 7.92. The molecule has 212 valence electrons. The molecule has 41 heavy (non-hydrogen) atoms. The van der Waals surface area contributed by atoms with E-state index in [0.29, 0.717) is 28.6 Å². The molecule has 0 spiro atoms. The van der Waals surface area contributed by atoms with E-state index >= 15 is 0 Å². The van der Waals surface area contributed by atoms with Crippen LogP contribution in [0.5, 0.6) is 0 Å². The lowest BCUT2D eigenvalue weighted by atomic mass is 9.61. The summed E-state index contributed by atoms with van der Waals surface area (Å²) < 4.78 is 84.3. The summed E-state index contributed by atoms with van der Waals surface area (Å²) in [6, 6.07) is 7.19. The number of benzene rings is 1. The number of alkyl halides is 3. The first-order valence-corrected chi connectivity index (χ1v) is 14.3. The average molecular weight is 586 g/mol. The van der Waals surface area contributed by atoms with Gasteiger partial charge in [-0.2, -0.15) is 23.4 Å². The summed E-state index contributed by atoms with van der Waals surface area (Å²) in [5.74, 6) is -1.10. The smallest absolute Gasteiger partial charge is 0.291 e. The molecule has 8 nitrogen and oxygen atoms in total. The van der Waals surface area contributed by atoms with Crippen LogP contribution >= 0.6 is 0 Å². The molecule has 6 rings (SSSR count). The zero-order chi connectivity index (χ0) is 29.2. The number of aromatic nitrogens is 5. The Morgan fingerprint density at radius 2 is 1.85 bits per heavy atom. The van der Waals surface area contributed by atoms with E-state index in [0.717, 1.165) is 12.3 Å². The zero-order valence-corrected chi connectivity index (χ0v) is 22.5. The standard InChI is InChI=1S/C28H23F4N5O3S/c1-36-16-23(15-34-36)41(39,40)22-7-2-18-11-25-17(14-35-37(25)21-5-3-20(29)4-6-21)12-27(18,13-22)26(38)24-10-19(8-9-33-24)28(30,31)32/h3-6,8-11,14-16,22H,2,7,12-13H2,1H3/t22-,27+/m1/s1. The molecule has 0 aliphatic heterocycles. The number of sulfone groups is 1.